The zero-order valence-corrected chi connectivity index (χ0v) is 13.1. The highest BCUT2D eigenvalue weighted by atomic mass is 19.4. The number of ether oxygens (including phenoxy) is 2. The topological polar surface area (TPSA) is 155 Å². The summed E-state index contributed by atoms with van der Waals surface area (Å²) in [5.74, 6) is -4.45. The molecule has 1 aliphatic rings. The molecule has 0 saturated carbocycles. The molecular formula is C14H17F3N2O7. The van der Waals surface area contributed by atoms with Gasteiger partial charge < -0.3 is 35.6 Å². The highest BCUT2D eigenvalue weighted by molar-refractivity contribution is 5.88. The minimum atomic E-state index is -4.67. The van der Waals surface area contributed by atoms with E-state index in [0.717, 1.165) is 6.20 Å². The van der Waals surface area contributed by atoms with E-state index in [1.165, 1.54) is 0 Å². The molecule has 0 aliphatic carbocycles. The summed E-state index contributed by atoms with van der Waals surface area (Å²) in [7, 11) is 0. The molecule has 1 aromatic rings. The molecule has 2 heterocycles. The minimum Gasteiger partial charge on any atom is -0.484 e. The molecule has 2 rings (SSSR count). The van der Waals surface area contributed by atoms with Crippen LogP contribution in [-0.4, -0.2) is 74.5 Å². The number of pyridine rings is 1. The van der Waals surface area contributed by atoms with Crippen molar-refractivity contribution in [3.05, 3.63) is 24.0 Å². The third-order valence-electron chi connectivity index (χ3n) is 3.87. The van der Waals surface area contributed by atoms with E-state index in [2.05, 4.69) is 4.98 Å². The first-order valence-corrected chi connectivity index (χ1v) is 7.31. The van der Waals surface area contributed by atoms with E-state index < -0.39 is 66.6 Å². The average Bonchev–Trinajstić information content (AvgIpc) is 2.60. The number of Topliss-reactive ketones (excluding diaryl/α,β-unsaturated/α-hetero) is 1. The van der Waals surface area contributed by atoms with Crippen LogP contribution in [0.3, 0.4) is 0 Å². The van der Waals surface area contributed by atoms with Crippen LogP contribution in [0.1, 0.15) is 5.56 Å². The van der Waals surface area contributed by atoms with Crippen molar-refractivity contribution in [3.8, 4) is 5.75 Å². The van der Waals surface area contributed by atoms with Crippen molar-refractivity contribution in [2.24, 2.45) is 5.73 Å². The van der Waals surface area contributed by atoms with Gasteiger partial charge in [0.15, 0.2) is 6.61 Å². The number of aromatic nitrogens is 1. The van der Waals surface area contributed by atoms with E-state index in [9.17, 15) is 33.3 Å². The quantitative estimate of drug-likeness (QED) is 0.396. The molecule has 1 saturated heterocycles. The molecule has 1 aliphatic heterocycles. The van der Waals surface area contributed by atoms with Gasteiger partial charge in [-0.2, -0.15) is 13.2 Å². The fourth-order valence-electron chi connectivity index (χ4n) is 2.34. The monoisotopic (exact) mass is 382 g/mol. The van der Waals surface area contributed by atoms with Crippen molar-refractivity contribution < 1.29 is 47.9 Å². The van der Waals surface area contributed by atoms with Crippen molar-refractivity contribution in [3.63, 3.8) is 0 Å². The summed E-state index contributed by atoms with van der Waals surface area (Å²) in [6.07, 6.45) is -8.15. The van der Waals surface area contributed by atoms with Crippen LogP contribution in [0.2, 0.25) is 0 Å². The number of carbonyl (C=O) groups is 1. The summed E-state index contributed by atoms with van der Waals surface area (Å²) in [6.45, 7) is -1.80. The Morgan fingerprint density at radius 1 is 1.35 bits per heavy atom. The molecule has 26 heavy (non-hydrogen) atoms. The molecule has 0 aromatic carbocycles. The first-order valence-electron chi connectivity index (χ1n) is 7.31. The predicted molar refractivity (Wildman–Crippen MR) is 76.6 cm³/mol. The summed E-state index contributed by atoms with van der Waals surface area (Å²) in [5.41, 5.74) is 4.41. The van der Waals surface area contributed by atoms with Gasteiger partial charge in [-0.1, -0.05) is 0 Å². The second-order valence-electron chi connectivity index (χ2n) is 5.66. The van der Waals surface area contributed by atoms with Gasteiger partial charge in [0, 0.05) is 6.20 Å². The van der Waals surface area contributed by atoms with Gasteiger partial charge in [-0.05, 0) is 6.07 Å². The van der Waals surface area contributed by atoms with Crippen molar-refractivity contribution >= 4 is 5.78 Å². The number of nitrogens with two attached hydrogens (primary N) is 1. The summed E-state index contributed by atoms with van der Waals surface area (Å²) >= 11 is 0. The number of ketones is 1. The van der Waals surface area contributed by atoms with Gasteiger partial charge >= 0.3 is 6.18 Å². The lowest BCUT2D eigenvalue weighted by Crippen LogP contribution is -2.71. The Kier molecular flexibility index (Phi) is 5.85. The zero-order chi connectivity index (χ0) is 19.7. The molecule has 1 aromatic heterocycles. The third kappa shape index (κ3) is 3.95. The summed E-state index contributed by atoms with van der Waals surface area (Å²) in [6, 6.07) is -1.18. The van der Waals surface area contributed by atoms with Gasteiger partial charge in [-0.3, -0.25) is 9.78 Å². The van der Waals surface area contributed by atoms with Crippen molar-refractivity contribution in [2.45, 2.75) is 36.3 Å². The van der Waals surface area contributed by atoms with Gasteiger partial charge in [-0.15, -0.1) is 0 Å². The Labute approximate surface area is 144 Å². The fourth-order valence-corrected chi connectivity index (χ4v) is 2.34. The van der Waals surface area contributed by atoms with Crippen LogP contribution in [0.5, 0.6) is 5.75 Å². The number of nitrogens with zero attached hydrogens (tertiary/aromatic N) is 1. The Hall–Kier alpha value is -1.83. The standard InChI is InChI=1S/C14H17F3N2O7/c15-14(16,17)6-1-7(3-19-2-6)25-5-9(21)13(24)12(18)11(23)10(22)8(4-20)26-13/h1-3,8,10-12,20,22-24H,4-5,18H2/t8-,10-,11+,12-,13?/m1/s1. The van der Waals surface area contributed by atoms with Crippen LogP contribution in [-0.2, 0) is 15.7 Å². The molecule has 146 valence electrons. The van der Waals surface area contributed by atoms with E-state index >= 15 is 0 Å². The zero-order valence-electron chi connectivity index (χ0n) is 13.1. The first kappa shape index (κ1) is 20.5. The van der Waals surface area contributed by atoms with E-state index in [1.807, 2.05) is 0 Å². The van der Waals surface area contributed by atoms with Gasteiger partial charge in [0.25, 0.3) is 0 Å². The van der Waals surface area contributed by atoms with E-state index in [-0.39, 0.29) is 0 Å². The van der Waals surface area contributed by atoms with Crippen molar-refractivity contribution in [1.82, 2.24) is 4.98 Å². The van der Waals surface area contributed by atoms with Gasteiger partial charge in [0.1, 0.15) is 24.1 Å². The number of halogens is 3. The Bertz CT molecular complexity index is 658. The normalized spacial score (nSPS) is 32.3. The number of aliphatic hydroxyl groups is 4. The highest BCUT2D eigenvalue weighted by Crippen LogP contribution is 2.31. The second-order valence-corrected chi connectivity index (χ2v) is 5.66. The van der Waals surface area contributed by atoms with Crippen LogP contribution in [0.15, 0.2) is 18.5 Å². The predicted octanol–water partition coefficient (Wildman–Crippen LogP) is -1.82. The van der Waals surface area contributed by atoms with Crippen LogP contribution in [0.4, 0.5) is 13.2 Å². The van der Waals surface area contributed by atoms with Crippen LogP contribution < -0.4 is 10.5 Å². The molecule has 0 spiro atoms. The first-order chi connectivity index (χ1) is 12.0. The molecule has 1 fully saturated rings. The Balaban J connectivity index is 2.11. The van der Waals surface area contributed by atoms with Gasteiger partial charge in [-0.25, -0.2) is 0 Å². The summed E-state index contributed by atoms with van der Waals surface area (Å²) in [4.78, 5) is 15.5. The van der Waals surface area contributed by atoms with Crippen molar-refractivity contribution in [2.75, 3.05) is 13.2 Å². The van der Waals surface area contributed by atoms with Crippen LogP contribution in [0.25, 0.3) is 0 Å². The van der Waals surface area contributed by atoms with E-state index in [1.54, 1.807) is 0 Å². The minimum absolute atomic E-state index is 0.402. The maximum absolute atomic E-state index is 12.6. The van der Waals surface area contributed by atoms with Crippen molar-refractivity contribution in [1.29, 1.82) is 0 Å². The lowest BCUT2D eigenvalue weighted by molar-refractivity contribution is -0.298. The lowest BCUT2D eigenvalue weighted by atomic mass is 9.88. The van der Waals surface area contributed by atoms with Gasteiger partial charge in [0.05, 0.1) is 24.4 Å². The molecule has 5 atom stereocenters. The molecule has 0 radical (unpaired) electrons. The highest BCUT2D eigenvalue weighted by Gasteiger charge is 2.55. The fraction of sp³-hybridized carbons (Fsp3) is 0.571. The number of hydrogen-bond acceptors (Lipinski definition) is 9. The van der Waals surface area contributed by atoms with Crippen LogP contribution in [0, 0.1) is 0 Å². The SMILES string of the molecule is N[C@@H]1[C@@H](O)[C@H](O)[C@@H](CO)OC1(O)C(=O)COc1cncc(C(F)(F)F)c1. The summed E-state index contributed by atoms with van der Waals surface area (Å²) in [5, 5.41) is 38.8. The largest absolute Gasteiger partial charge is 0.484 e. The van der Waals surface area contributed by atoms with E-state index in [4.69, 9.17) is 20.3 Å². The molecule has 0 bridgehead atoms. The molecule has 9 nitrogen and oxygen atoms in total. The molecular weight excluding hydrogens is 365 g/mol. The second kappa shape index (κ2) is 7.42. The third-order valence-corrected chi connectivity index (χ3v) is 3.87. The molecule has 6 N–H and O–H groups in total. The molecule has 1 unspecified atom stereocenters. The Morgan fingerprint density at radius 3 is 2.58 bits per heavy atom. The number of hydrogen-bond donors (Lipinski definition) is 5. The molecule has 12 heteroatoms. The van der Waals surface area contributed by atoms with Gasteiger partial charge in [0.2, 0.25) is 11.6 Å². The van der Waals surface area contributed by atoms with E-state index in [0.29, 0.717) is 12.3 Å². The maximum Gasteiger partial charge on any atom is 0.418 e. The summed E-state index contributed by atoms with van der Waals surface area (Å²) < 4.78 is 47.6. The number of rotatable bonds is 5. The molecule has 0 amide bonds. The smallest absolute Gasteiger partial charge is 0.418 e. The van der Waals surface area contributed by atoms with Crippen LogP contribution >= 0.6 is 0 Å². The number of alkyl halides is 3. The Morgan fingerprint density at radius 2 is 2.00 bits per heavy atom. The lowest BCUT2D eigenvalue weighted by Gasteiger charge is -2.44. The maximum atomic E-state index is 12.6. The number of carbonyl (C=O) groups excluding carboxylic acids is 1. The average molecular weight is 382 g/mol. The number of aliphatic hydroxyl groups excluding tert-OH is 3.